The first-order valence-corrected chi connectivity index (χ1v) is 8.56. The maximum Gasteiger partial charge on any atom is 0.230 e. The molecule has 6 heteroatoms. The molecule has 0 fully saturated rings. The molecule has 5 nitrogen and oxygen atoms in total. The average Bonchev–Trinajstić information content (AvgIpc) is 2.98. The second-order valence-corrected chi connectivity index (χ2v) is 6.06. The van der Waals surface area contributed by atoms with Crippen LogP contribution in [-0.2, 0) is 4.79 Å². The molecule has 2 rings (SSSR count). The predicted octanol–water partition coefficient (Wildman–Crippen LogP) is 2.97. The van der Waals surface area contributed by atoms with E-state index in [9.17, 15) is 4.79 Å². The topological polar surface area (TPSA) is 59.8 Å². The van der Waals surface area contributed by atoms with Gasteiger partial charge in [-0.25, -0.2) is 0 Å². The fourth-order valence-electron chi connectivity index (χ4n) is 2.11. The number of rotatable bonds is 8. The van der Waals surface area contributed by atoms with E-state index in [1.165, 1.54) is 11.8 Å². The molecule has 1 N–H and O–H groups in total. The van der Waals surface area contributed by atoms with Gasteiger partial charge in [-0.3, -0.25) is 9.36 Å². The standard InChI is InChI=1S/C16H22N4OS/c1-3-4-7-10-17-15(21)11-22-16-19-18-12-20(16)14-9-6-5-8-13(14)2/h5-6,8-9,12H,3-4,7,10-11H2,1-2H3,(H,17,21). The molecule has 0 radical (unpaired) electrons. The zero-order valence-electron chi connectivity index (χ0n) is 13.1. The Morgan fingerprint density at radius 3 is 2.91 bits per heavy atom. The van der Waals surface area contributed by atoms with Crippen molar-refractivity contribution in [3.05, 3.63) is 36.2 Å². The lowest BCUT2D eigenvalue weighted by molar-refractivity contribution is -0.118. The van der Waals surface area contributed by atoms with Gasteiger partial charge in [0.25, 0.3) is 0 Å². The fourth-order valence-corrected chi connectivity index (χ4v) is 2.86. The summed E-state index contributed by atoms with van der Waals surface area (Å²) in [5, 5.41) is 11.7. The SMILES string of the molecule is CCCCCNC(=O)CSc1nncn1-c1ccccc1C. The van der Waals surface area contributed by atoms with E-state index < -0.39 is 0 Å². The molecule has 2 aromatic rings. The van der Waals surface area contributed by atoms with Crippen molar-refractivity contribution in [2.24, 2.45) is 0 Å². The Labute approximate surface area is 135 Å². The zero-order chi connectivity index (χ0) is 15.8. The van der Waals surface area contributed by atoms with E-state index in [0.717, 1.165) is 42.2 Å². The van der Waals surface area contributed by atoms with E-state index in [2.05, 4.69) is 22.4 Å². The van der Waals surface area contributed by atoms with Crippen LogP contribution < -0.4 is 5.32 Å². The zero-order valence-corrected chi connectivity index (χ0v) is 13.9. The van der Waals surface area contributed by atoms with E-state index in [1.54, 1.807) is 6.33 Å². The summed E-state index contributed by atoms with van der Waals surface area (Å²) in [6.45, 7) is 4.94. The molecule has 0 aliphatic heterocycles. The number of amides is 1. The molecule has 0 bridgehead atoms. The summed E-state index contributed by atoms with van der Waals surface area (Å²) in [6.07, 6.45) is 5.02. The minimum atomic E-state index is 0.0421. The van der Waals surface area contributed by atoms with Gasteiger partial charge in [0.15, 0.2) is 5.16 Å². The van der Waals surface area contributed by atoms with Crippen LogP contribution in [0.5, 0.6) is 0 Å². The van der Waals surface area contributed by atoms with Gasteiger partial charge < -0.3 is 5.32 Å². The van der Waals surface area contributed by atoms with Crippen LogP contribution in [0.1, 0.15) is 31.7 Å². The number of hydrogen-bond acceptors (Lipinski definition) is 4. The summed E-state index contributed by atoms with van der Waals surface area (Å²) < 4.78 is 1.92. The van der Waals surface area contributed by atoms with Crippen LogP contribution in [0.4, 0.5) is 0 Å². The maximum absolute atomic E-state index is 11.8. The average molecular weight is 318 g/mol. The van der Waals surface area contributed by atoms with Crippen LogP contribution in [0.2, 0.25) is 0 Å². The molecular formula is C16H22N4OS. The Kier molecular flexibility index (Phi) is 6.45. The molecule has 22 heavy (non-hydrogen) atoms. The third-order valence-corrected chi connectivity index (χ3v) is 4.27. The van der Waals surface area contributed by atoms with E-state index in [1.807, 2.05) is 35.8 Å². The molecule has 0 saturated heterocycles. The van der Waals surface area contributed by atoms with Crippen molar-refractivity contribution in [3.8, 4) is 5.69 Å². The van der Waals surface area contributed by atoms with Crippen molar-refractivity contribution < 1.29 is 4.79 Å². The molecule has 1 amide bonds. The first kappa shape index (κ1) is 16.5. The molecule has 0 atom stereocenters. The molecule has 0 spiro atoms. The van der Waals surface area contributed by atoms with Crippen molar-refractivity contribution in [1.29, 1.82) is 0 Å². The molecule has 0 saturated carbocycles. The van der Waals surface area contributed by atoms with E-state index >= 15 is 0 Å². The fraction of sp³-hybridized carbons (Fsp3) is 0.438. The molecular weight excluding hydrogens is 296 g/mol. The molecule has 0 aliphatic rings. The number of aryl methyl sites for hydroxylation is 1. The Morgan fingerprint density at radius 1 is 1.32 bits per heavy atom. The van der Waals surface area contributed by atoms with Gasteiger partial charge in [-0.05, 0) is 25.0 Å². The maximum atomic E-state index is 11.8. The first-order valence-electron chi connectivity index (χ1n) is 7.58. The molecule has 0 aliphatic carbocycles. The number of benzene rings is 1. The summed E-state index contributed by atoms with van der Waals surface area (Å²) in [5.41, 5.74) is 2.19. The van der Waals surface area contributed by atoms with Gasteiger partial charge in [-0.1, -0.05) is 49.7 Å². The number of para-hydroxylation sites is 1. The summed E-state index contributed by atoms with van der Waals surface area (Å²) in [4.78, 5) is 11.8. The van der Waals surface area contributed by atoms with Crippen LogP contribution in [0.25, 0.3) is 5.69 Å². The molecule has 0 unspecified atom stereocenters. The van der Waals surface area contributed by atoms with Crippen molar-refractivity contribution in [2.45, 2.75) is 38.3 Å². The lowest BCUT2D eigenvalue weighted by Crippen LogP contribution is -2.26. The highest BCUT2D eigenvalue weighted by atomic mass is 32.2. The highest BCUT2D eigenvalue weighted by Crippen LogP contribution is 2.21. The summed E-state index contributed by atoms with van der Waals surface area (Å²) in [6, 6.07) is 8.05. The van der Waals surface area contributed by atoms with Crippen LogP contribution in [0.15, 0.2) is 35.7 Å². The minimum absolute atomic E-state index is 0.0421. The Balaban J connectivity index is 1.91. The van der Waals surface area contributed by atoms with Gasteiger partial charge in [0.1, 0.15) is 6.33 Å². The second-order valence-electron chi connectivity index (χ2n) is 5.12. The highest BCUT2D eigenvalue weighted by Gasteiger charge is 2.11. The highest BCUT2D eigenvalue weighted by molar-refractivity contribution is 7.99. The van der Waals surface area contributed by atoms with Crippen LogP contribution in [0, 0.1) is 6.92 Å². The number of nitrogens with one attached hydrogen (secondary N) is 1. The van der Waals surface area contributed by atoms with Gasteiger partial charge in [-0.15, -0.1) is 10.2 Å². The number of thioether (sulfide) groups is 1. The monoisotopic (exact) mass is 318 g/mol. The third kappa shape index (κ3) is 4.59. The number of carbonyl (C=O) groups is 1. The minimum Gasteiger partial charge on any atom is -0.355 e. The first-order chi connectivity index (χ1) is 10.7. The van der Waals surface area contributed by atoms with Crippen LogP contribution >= 0.6 is 11.8 Å². The van der Waals surface area contributed by atoms with Gasteiger partial charge in [0.05, 0.1) is 11.4 Å². The van der Waals surface area contributed by atoms with Crippen molar-refractivity contribution in [1.82, 2.24) is 20.1 Å². The van der Waals surface area contributed by atoms with Crippen molar-refractivity contribution in [3.63, 3.8) is 0 Å². The van der Waals surface area contributed by atoms with Crippen LogP contribution in [0.3, 0.4) is 0 Å². The lowest BCUT2D eigenvalue weighted by Gasteiger charge is -2.09. The number of aromatic nitrogens is 3. The van der Waals surface area contributed by atoms with Crippen LogP contribution in [-0.4, -0.2) is 33.0 Å². The Bertz CT molecular complexity index is 612. The van der Waals surface area contributed by atoms with E-state index in [4.69, 9.17) is 0 Å². The molecule has 1 heterocycles. The second kappa shape index (κ2) is 8.58. The van der Waals surface area contributed by atoms with Gasteiger partial charge in [0, 0.05) is 6.54 Å². The van der Waals surface area contributed by atoms with Crippen molar-refractivity contribution >= 4 is 17.7 Å². The predicted molar refractivity (Wildman–Crippen MR) is 89.4 cm³/mol. The summed E-state index contributed by atoms with van der Waals surface area (Å²) in [7, 11) is 0. The molecule has 1 aromatic heterocycles. The van der Waals surface area contributed by atoms with E-state index in [0.29, 0.717) is 5.75 Å². The van der Waals surface area contributed by atoms with E-state index in [-0.39, 0.29) is 5.91 Å². The normalized spacial score (nSPS) is 10.6. The number of unbranched alkanes of at least 4 members (excludes halogenated alkanes) is 2. The summed E-state index contributed by atoms with van der Waals surface area (Å²) >= 11 is 1.41. The smallest absolute Gasteiger partial charge is 0.230 e. The quantitative estimate of drug-likeness (QED) is 0.600. The number of carbonyl (C=O) groups excluding carboxylic acids is 1. The number of nitrogens with zero attached hydrogens (tertiary/aromatic N) is 3. The van der Waals surface area contributed by atoms with Gasteiger partial charge in [0.2, 0.25) is 5.91 Å². The van der Waals surface area contributed by atoms with Gasteiger partial charge in [-0.2, -0.15) is 0 Å². The third-order valence-electron chi connectivity index (χ3n) is 3.33. The molecule has 1 aromatic carbocycles. The Morgan fingerprint density at radius 2 is 2.14 bits per heavy atom. The van der Waals surface area contributed by atoms with Gasteiger partial charge >= 0.3 is 0 Å². The number of hydrogen-bond donors (Lipinski definition) is 1. The lowest BCUT2D eigenvalue weighted by atomic mass is 10.2. The molecule has 118 valence electrons. The summed E-state index contributed by atoms with van der Waals surface area (Å²) in [5.74, 6) is 0.400. The van der Waals surface area contributed by atoms with Crippen molar-refractivity contribution in [2.75, 3.05) is 12.3 Å². The largest absolute Gasteiger partial charge is 0.355 e. The Hall–Kier alpha value is -1.82.